The molecule has 108 valence electrons. The number of carboxylic acids is 1. The summed E-state index contributed by atoms with van der Waals surface area (Å²) in [5.74, 6) is -1.55. The highest BCUT2D eigenvalue weighted by Crippen LogP contribution is 2.19. The molecule has 1 aliphatic rings. The molecule has 1 heterocycles. The summed E-state index contributed by atoms with van der Waals surface area (Å²) in [6.45, 7) is 4.29. The smallest absolute Gasteiger partial charge is 0.329 e. The number of rotatable bonds is 7. The Bertz CT molecular complexity index is 356. The molecule has 0 aromatic heterocycles. The second kappa shape index (κ2) is 7.08. The Kier molecular flexibility index (Phi) is 5.75. The average Bonchev–Trinajstić information content (AvgIpc) is 2.70. The minimum Gasteiger partial charge on any atom is -0.480 e. The van der Waals surface area contributed by atoms with Gasteiger partial charge in [-0.15, -0.1) is 0 Å². The van der Waals surface area contributed by atoms with Crippen LogP contribution in [0, 0.1) is 5.92 Å². The maximum Gasteiger partial charge on any atom is 0.329 e. The number of nitrogens with one attached hydrogen (secondary N) is 1. The summed E-state index contributed by atoms with van der Waals surface area (Å²) >= 11 is 0. The molecule has 2 amide bonds. The van der Waals surface area contributed by atoms with Crippen molar-refractivity contribution in [3.05, 3.63) is 0 Å². The van der Waals surface area contributed by atoms with Crippen molar-refractivity contribution in [2.24, 2.45) is 5.92 Å². The van der Waals surface area contributed by atoms with Crippen LogP contribution < -0.4 is 5.32 Å². The third-order valence-corrected chi connectivity index (χ3v) is 2.92. The van der Waals surface area contributed by atoms with Crippen molar-refractivity contribution in [2.75, 3.05) is 26.3 Å². The fourth-order valence-electron chi connectivity index (χ4n) is 1.96. The largest absolute Gasteiger partial charge is 0.480 e. The SMILES string of the molecule is CC(C)N1CC(C(=O)NCCOCC(=O)O)CC1=O. The molecular formula is C12H20N2O5. The monoisotopic (exact) mass is 272 g/mol. The lowest BCUT2D eigenvalue weighted by molar-refractivity contribution is -0.142. The number of likely N-dealkylation sites (tertiary alicyclic amines) is 1. The fourth-order valence-corrected chi connectivity index (χ4v) is 1.96. The predicted molar refractivity (Wildman–Crippen MR) is 66.4 cm³/mol. The molecule has 0 spiro atoms. The van der Waals surface area contributed by atoms with E-state index in [1.54, 1.807) is 4.90 Å². The van der Waals surface area contributed by atoms with E-state index in [2.05, 4.69) is 5.32 Å². The summed E-state index contributed by atoms with van der Waals surface area (Å²) in [6, 6.07) is 0.101. The first-order valence-corrected chi connectivity index (χ1v) is 6.28. The van der Waals surface area contributed by atoms with Crippen LogP contribution in [-0.2, 0) is 19.1 Å². The van der Waals surface area contributed by atoms with Crippen LogP contribution in [0.5, 0.6) is 0 Å². The molecule has 1 fully saturated rings. The van der Waals surface area contributed by atoms with Crippen LogP contribution in [0.15, 0.2) is 0 Å². The second-order valence-electron chi connectivity index (χ2n) is 4.78. The minimum atomic E-state index is -1.04. The van der Waals surface area contributed by atoms with Crippen molar-refractivity contribution in [3.63, 3.8) is 0 Å². The third-order valence-electron chi connectivity index (χ3n) is 2.92. The lowest BCUT2D eigenvalue weighted by atomic mass is 10.1. The second-order valence-corrected chi connectivity index (χ2v) is 4.78. The van der Waals surface area contributed by atoms with E-state index in [9.17, 15) is 14.4 Å². The van der Waals surface area contributed by atoms with Gasteiger partial charge in [-0.25, -0.2) is 4.79 Å². The summed E-state index contributed by atoms with van der Waals surface area (Å²) in [6.07, 6.45) is 0.236. The van der Waals surface area contributed by atoms with Crippen LogP contribution in [-0.4, -0.2) is 60.1 Å². The zero-order chi connectivity index (χ0) is 14.4. The van der Waals surface area contributed by atoms with E-state index >= 15 is 0 Å². The average molecular weight is 272 g/mol. The lowest BCUT2D eigenvalue weighted by Gasteiger charge is -2.20. The zero-order valence-electron chi connectivity index (χ0n) is 11.2. The topological polar surface area (TPSA) is 95.9 Å². The Hall–Kier alpha value is -1.63. The van der Waals surface area contributed by atoms with Crippen molar-refractivity contribution >= 4 is 17.8 Å². The van der Waals surface area contributed by atoms with Crippen LogP contribution in [0.4, 0.5) is 0 Å². The fraction of sp³-hybridized carbons (Fsp3) is 0.750. The molecule has 1 unspecified atom stereocenters. The molecule has 1 rings (SSSR count). The first-order chi connectivity index (χ1) is 8.91. The minimum absolute atomic E-state index is 0.00252. The molecule has 7 nitrogen and oxygen atoms in total. The summed E-state index contributed by atoms with van der Waals surface area (Å²) in [5, 5.41) is 11.0. The number of aliphatic carboxylic acids is 1. The standard InChI is InChI=1S/C12H20N2O5/c1-8(2)14-6-9(5-10(14)15)12(18)13-3-4-19-7-11(16)17/h8-9H,3-7H2,1-2H3,(H,13,18)(H,16,17). The summed E-state index contributed by atoms with van der Waals surface area (Å²) < 4.78 is 4.80. The first-order valence-electron chi connectivity index (χ1n) is 6.28. The molecule has 0 aromatic carbocycles. The molecule has 7 heteroatoms. The number of ether oxygens (including phenoxy) is 1. The van der Waals surface area contributed by atoms with E-state index in [4.69, 9.17) is 9.84 Å². The Morgan fingerprint density at radius 2 is 2.21 bits per heavy atom. The van der Waals surface area contributed by atoms with Gasteiger partial charge in [-0.3, -0.25) is 9.59 Å². The Morgan fingerprint density at radius 1 is 1.53 bits per heavy atom. The van der Waals surface area contributed by atoms with Crippen LogP contribution in [0.2, 0.25) is 0 Å². The van der Waals surface area contributed by atoms with E-state index in [0.717, 1.165) is 0 Å². The number of hydrogen-bond donors (Lipinski definition) is 2. The van der Waals surface area contributed by atoms with Gasteiger partial charge in [0.1, 0.15) is 6.61 Å². The normalized spacial score (nSPS) is 19.0. The number of nitrogens with zero attached hydrogens (tertiary/aromatic N) is 1. The van der Waals surface area contributed by atoms with E-state index in [1.807, 2.05) is 13.8 Å². The number of amides is 2. The van der Waals surface area contributed by atoms with E-state index < -0.39 is 5.97 Å². The van der Waals surface area contributed by atoms with Gasteiger partial charge in [0.15, 0.2) is 0 Å². The first kappa shape index (κ1) is 15.4. The summed E-state index contributed by atoms with van der Waals surface area (Å²) in [7, 11) is 0. The van der Waals surface area contributed by atoms with Gasteiger partial charge >= 0.3 is 5.97 Å². The molecule has 1 atom stereocenters. The van der Waals surface area contributed by atoms with E-state index in [-0.39, 0.29) is 50.0 Å². The van der Waals surface area contributed by atoms with Gasteiger partial charge in [0, 0.05) is 25.6 Å². The quantitative estimate of drug-likeness (QED) is 0.607. The zero-order valence-corrected chi connectivity index (χ0v) is 11.2. The van der Waals surface area contributed by atoms with Gasteiger partial charge in [0.2, 0.25) is 11.8 Å². The van der Waals surface area contributed by atoms with Crippen molar-refractivity contribution in [1.82, 2.24) is 10.2 Å². The number of hydrogen-bond acceptors (Lipinski definition) is 4. The Balaban J connectivity index is 2.24. The molecule has 1 aliphatic heterocycles. The molecule has 1 saturated heterocycles. The van der Waals surface area contributed by atoms with E-state index in [0.29, 0.717) is 6.54 Å². The third kappa shape index (κ3) is 4.86. The molecule has 19 heavy (non-hydrogen) atoms. The Labute approximate surface area is 111 Å². The maximum atomic E-state index is 11.8. The highest BCUT2D eigenvalue weighted by Gasteiger charge is 2.35. The molecule has 0 saturated carbocycles. The van der Waals surface area contributed by atoms with Gasteiger partial charge < -0.3 is 20.1 Å². The van der Waals surface area contributed by atoms with Crippen LogP contribution >= 0.6 is 0 Å². The van der Waals surface area contributed by atoms with Crippen LogP contribution in [0.25, 0.3) is 0 Å². The van der Waals surface area contributed by atoms with Crippen molar-refractivity contribution in [1.29, 1.82) is 0 Å². The molecule has 0 radical (unpaired) electrons. The molecule has 0 aromatic rings. The van der Waals surface area contributed by atoms with Crippen molar-refractivity contribution < 1.29 is 24.2 Å². The predicted octanol–water partition coefficient (Wildman–Crippen LogP) is -0.539. The van der Waals surface area contributed by atoms with Crippen molar-refractivity contribution in [2.45, 2.75) is 26.3 Å². The number of carbonyl (C=O) groups excluding carboxylic acids is 2. The maximum absolute atomic E-state index is 11.8. The Morgan fingerprint density at radius 3 is 2.74 bits per heavy atom. The van der Waals surface area contributed by atoms with Gasteiger partial charge in [-0.1, -0.05) is 0 Å². The lowest BCUT2D eigenvalue weighted by Crippen LogP contribution is -2.36. The highest BCUT2D eigenvalue weighted by atomic mass is 16.5. The van der Waals surface area contributed by atoms with E-state index in [1.165, 1.54) is 0 Å². The summed E-state index contributed by atoms with van der Waals surface area (Å²) in [4.78, 5) is 35.3. The molecule has 2 N–H and O–H groups in total. The van der Waals surface area contributed by atoms with Crippen LogP contribution in [0.1, 0.15) is 20.3 Å². The molecular weight excluding hydrogens is 252 g/mol. The number of carbonyl (C=O) groups is 3. The van der Waals surface area contributed by atoms with Crippen LogP contribution in [0.3, 0.4) is 0 Å². The van der Waals surface area contributed by atoms with Gasteiger partial charge in [-0.2, -0.15) is 0 Å². The van der Waals surface area contributed by atoms with Gasteiger partial charge in [0.05, 0.1) is 12.5 Å². The van der Waals surface area contributed by atoms with Gasteiger partial charge in [-0.05, 0) is 13.8 Å². The summed E-state index contributed by atoms with van der Waals surface area (Å²) in [5.41, 5.74) is 0. The van der Waals surface area contributed by atoms with Gasteiger partial charge in [0.25, 0.3) is 0 Å². The number of carboxylic acid groups (broad SMARTS) is 1. The highest BCUT2D eigenvalue weighted by molar-refractivity contribution is 5.89. The molecule has 0 bridgehead atoms. The van der Waals surface area contributed by atoms with Crippen molar-refractivity contribution in [3.8, 4) is 0 Å². The molecule has 0 aliphatic carbocycles.